The molecule has 4 N–H and O–H groups in total. The summed E-state index contributed by atoms with van der Waals surface area (Å²) in [4.78, 5) is 0. The van der Waals surface area contributed by atoms with Gasteiger partial charge in [0, 0.05) is 6.04 Å². The number of nitrogens with two attached hydrogens (primary N) is 1. The van der Waals surface area contributed by atoms with Gasteiger partial charge in [0.1, 0.15) is 0 Å². The highest BCUT2D eigenvalue weighted by Gasteiger charge is 2.28. The molecule has 0 saturated heterocycles. The van der Waals surface area contributed by atoms with Crippen LogP contribution in [-0.2, 0) is 10.0 Å². The molecule has 0 spiro atoms. The standard InChI is InChI=1S/C15H26N2O3S/c16-10-9-15(18)12-5-4-8-14(11-12)21(19,20)17-13-6-2-1-3-7-13/h4-5,11,13-15,17-18H,1-3,6-10,16H2. The zero-order valence-corrected chi connectivity index (χ0v) is 13.2. The molecule has 0 aromatic carbocycles. The largest absolute Gasteiger partial charge is 0.388 e. The number of hydrogen-bond acceptors (Lipinski definition) is 4. The summed E-state index contributed by atoms with van der Waals surface area (Å²) in [5.74, 6) is 0. The van der Waals surface area contributed by atoms with Crippen LogP contribution in [0.4, 0.5) is 0 Å². The number of nitrogens with one attached hydrogen (secondary N) is 1. The average molecular weight is 314 g/mol. The molecule has 1 saturated carbocycles. The van der Waals surface area contributed by atoms with Crippen molar-refractivity contribution in [3.05, 3.63) is 23.8 Å². The molecule has 2 aliphatic carbocycles. The van der Waals surface area contributed by atoms with Crippen LogP contribution in [0.25, 0.3) is 0 Å². The Morgan fingerprint density at radius 3 is 2.71 bits per heavy atom. The molecule has 5 nitrogen and oxygen atoms in total. The summed E-state index contributed by atoms with van der Waals surface area (Å²) in [6.45, 7) is 0.379. The fourth-order valence-electron chi connectivity index (χ4n) is 2.98. The number of allylic oxidation sites excluding steroid dienone is 1. The van der Waals surface area contributed by atoms with E-state index in [0.29, 0.717) is 25.0 Å². The minimum absolute atomic E-state index is 0.0699. The van der Waals surface area contributed by atoms with Crippen LogP contribution in [0.2, 0.25) is 0 Å². The van der Waals surface area contributed by atoms with Crippen LogP contribution in [-0.4, -0.2) is 37.5 Å². The first kappa shape index (κ1) is 16.7. The van der Waals surface area contributed by atoms with E-state index < -0.39 is 21.4 Å². The maximum absolute atomic E-state index is 12.5. The monoisotopic (exact) mass is 314 g/mol. The lowest BCUT2D eigenvalue weighted by Gasteiger charge is -2.26. The van der Waals surface area contributed by atoms with Gasteiger partial charge < -0.3 is 10.8 Å². The number of rotatable bonds is 6. The van der Waals surface area contributed by atoms with Gasteiger partial charge in [-0.2, -0.15) is 0 Å². The third-order valence-corrected chi connectivity index (χ3v) is 6.00. The molecule has 21 heavy (non-hydrogen) atoms. The van der Waals surface area contributed by atoms with Crippen LogP contribution in [0, 0.1) is 0 Å². The molecule has 2 atom stereocenters. The van der Waals surface area contributed by atoms with E-state index in [9.17, 15) is 13.5 Å². The number of sulfonamides is 1. The van der Waals surface area contributed by atoms with Crippen LogP contribution in [0.15, 0.2) is 23.8 Å². The Kier molecular flexibility index (Phi) is 5.98. The number of aliphatic hydroxyl groups is 1. The van der Waals surface area contributed by atoms with E-state index >= 15 is 0 Å². The Morgan fingerprint density at radius 1 is 1.33 bits per heavy atom. The van der Waals surface area contributed by atoms with Crippen LogP contribution >= 0.6 is 0 Å². The SMILES string of the molecule is NCCC(O)C1=CC(S(=O)(=O)NC2CCCCC2)CC=C1. The van der Waals surface area contributed by atoms with E-state index in [1.165, 1.54) is 6.42 Å². The quantitative estimate of drug-likeness (QED) is 0.687. The van der Waals surface area contributed by atoms with E-state index in [-0.39, 0.29) is 6.04 Å². The smallest absolute Gasteiger partial charge is 0.218 e. The van der Waals surface area contributed by atoms with Crippen molar-refractivity contribution in [3.8, 4) is 0 Å². The zero-order valence-electron chi connectivity index (χ0n) is 12.4. The van der Waals surface area contributed by atoms with Gasteiger partial charge in [0.05, 0.1) is 11.4 Å². The van der Waals surface area contributed by atoms with Crippen molar-refractivity contribution >= 4 is 10.0 Å². The fourth-order valence-corrected chi connectivity index (χ4v) is 4.56. The van der Waals surface area contributed by atoms with Crippen molar-refractivity contribution in [2.75, 3.05) is 6.54 Å². The van der Waals surface area contributed by atoms with Gasteiger partial charge in [0.2, 0.25) is 10.0 Å². The van der Waals surface area contributed by atoms with Crippen LogP contribution in [0.5, 0.6) is 0 Å². The second-order valence-corrected chi connectivity index (χ2v) is 7.87. The van der Waals surface area contributed by atoms with Gasteiger partial charge in [-0.3, -0.25) is 0 Å². The van der Waals surface area contributed by atoms with E-state index in [0.717, 1.165) is 25.7 Å². The lowest BCUT2D eigenvalue weighted by Crippen LogP contribution is -2.41. The minimum atomic E-state index is -3.38. The molecule has 1 fully saturated rings. The zero-order chi connectivity index (χ0) is 15.3. The third kappa shape index (κ3) is 4.64. The second-order valence-electron chi connectivity index (χ2n) is 5.93. The van der Waals surface area contributed by atoms with Crippen molar-refractivity contribution in [1.29, 1.82) is 0 Å². The molecule has 2 unspecified atom stereocenters. The first-order chi connectivity index (χ1) is 10.0. The number of hydrogen-bond donors (Lipinski definition) is 3. The Morgan fingerprint density at radius 2 is 2.05 bits per heavy atom. The average Bonchev–Trinajstić information content (AvgIpc) is 2.48. The van der Waals surface area contributed by atoms with Crippen molar-refractivity contribution in [3.63, 3.8) is 0 Å². The summed E-state index contributed by atoms with van der Waals surface area (Å²) in [5, 5.41) is 9.37. The fraction of sp³-hybridized carbons (Fsp3) is 0.733. The Bertz CT molecular complexity index is 493. The molecule has 120 valence electrons. The predicted molar refractivity (Wildman–Crippen MR) is 84.2 cm³/mol. The highest BCUT2D eigenvalue weighted by atomic mass is 32.2. The topological polar surface area (TPSA) is 92.4 Å². The summed E-state index contributed by atoms with van der Waals surface area (Å²) in [5.41, 5.74) is 6.10. The molecule has 2 rings (SSSR count). The van der Waals surface area contributed by atoms with Crippen molar-refractivity contribution < 1.29 is 13.5 Å². The second kappa shape index (κ2) is 7.54. The number of aliphatic hydroxyl groups excluding tert-OH is 1. The van der Waals surface area contributed by atoms with Crippen molar-refractivity contribution in [2.45, 2.75) is 62.3 Å². The summed E-state index contributed by atoms with van der Waals surface area (Å²) in [6, 6.07) is 0.0699. The molecule has 0 amide bonds. The Balaban J connectivity index is 2.03. The van der Waals surface area contributed by atoms with Crippen LogP contribution in [0.3, 0.4) is 0 Å². The van der Waals surface area contributed by atoms with E-state index in [1.54, 1.807) is 12.2 Å². The first-order valence-corrected chi connectivity index (χ1v) is 9.35. The minimum Gasteiger partial charge on any atom is -0.388 e. The third-order valence-electron chi connectivity index (χ3n) is 4.22. The predicted octanol–water partition coefficient (Wildman–Crippen LogP) is 1.20. The molecule has 0 bridgehead atoms. The molecule has 0 aromatic heterocycles. The normalized spacial score (nSPS) is 25.6. The molecular weight excluding hydrogens is 288 g/mol. The van der Waals surface area contributed by atoms with Gasteiger partial charge >= 0.3 is 0 Å². The summed E-state index contributed by atoms with van der Waals surface area (Å²) in [7, 11) is -3.38. The van der Waals surface area contributed by atoms with Crippen LogP contribution in [0.1, 0.15) is 44.9 Å². The van der Waals surface area contributed by atoms with E-state index in [4.69, 9.17) is 5.73 Å². The molecule has 6 heteroatoms. The lowest BCUT2D eigenvalue weighted by atomic mass is 9.96. The van der Waals surface area contributed by atoms with E-state index in [2.05, 4.69) is 4.72 Å². The Hall–Kier alpha value is -0.690. The highest BCUT2D eigenvalue weighted by molar-refractivity contribution is 7.90. The van der Waals surface area contributed by atoms with Crippen LogP contribution < -0.4 is 10.5 Å². The summed E-state index contributed by atoms with van der Waals surface area (Å²) < 4.78 is 27.8. The van der Waals surface area contributed by atoms with E-state index in [1.807, 2.05) is 6.08 Å². The summed E-state index contributed by atoms with van der Waals surface area (Å²) in [6.07, 6.45) is 10.7. The van der Waals surface area contributed by atoms with Gasteiger partial charge in [0.15, 0.2) is 0 Å². The molecule has 0 aromatic rings. The Labute approximate surface area is 127 Å². The van der Waals surface area contributed by atoms with Gasteiger partial charge in [0.25, 0.3) is 0 Å². The first-order valence-electron chi connectivity index (χ1n) is 7.80. The summed E-state index contributed by atoms with van der Waals surface area (Å²) >= 11 is 0. The molecular formula is C15H26N2O3S. The molecule has 0 heterocycles. The van der Waals surface area contributed by atoms with Gasteiger partial charge in [-0.25, -0.2) is 13.1 Å². The van der Waals surface area contributed by atoms with Crippen molar-refractivity contribution in [2.24, 2.45) is 5.73 Å². The molecule has 0 aliphatic heterocycles. The maximum atomic E-state index is 12.5. The van der Waals surface area contributed by atoms with Gasteiger partial charge in [-0.05, 0) is 37.8 Å². The molecule has 2 aliphatic rings. The molecule has 0 radical (unpaired) electrons. The van der Waals surface area contributed by atoms with Gasteiger partial charge in [-0.1, -0.05) is 37.5 Å². The van der Waals surface area contributed by atoms with Gasteiger partial charge in [-0.15, -0.1) is 0 Å². The van der Waals surface area contributed by atoms with Crippen molar-refractivity contribution in [1.82, 2.24) is 4.72 Å². The highest BCUT2D eigenvalue weighted by Crippen LogP contribution is 2.23. The lowest BCUT2D eigenvalue weighted by molar-refractivity contribution is 0.206. The maximum Gasteiger partial charge on any atom is 0.218 e.